The molecular weight excluding hydrogens is 387 g/mol. The van der Waals surface area contributed by atoms with E-state index in [9.17, 15) is 9.90 Å². The van der Waals surface area contributed by atoms with Crippen LogP contribution in [0.5, 0.6) is 0 Å². The first-order valence-corrected chi connectivity index (χ1v) is 8.97. The zero-order valence-electron chi connectivity index (χ0n) is 14.2. The normalized spacial score (nSPS) is 10.3. The van der Waals surface area contributed by atoms with Gasteiger partial charge in [-0.1, -0.05) is 96.8 Å². The molecule has 0 saturated heterocycles. The minimum Gasteiger partial charge on any atom is -0.550 e. The van der Waals surface area contributed by atoms with E-state index in [1.54, 1.807) is 0 Å². The van der Waals surface area contributed by atoms with Gasteiger partial charge in [-0.15, -0.1) is 0 Å². The van der Waals surface area contributed by atoms with E-state index in [4.69, 9.17) is 0 Å². The predicted molar refractivity (Wildman–Crippen MR) is 84.6 cm³/mol. The van der Waals surface area contributed by atoms with E-state index in [0.717, 1.165) is 12.8 Å². The number of carboxylic acids is 1. The molecule has 0 atom stereocenters. The molecule has 0 bridgehead atoms. The Hall–Kier alpha value is 0.665. The van der Waals surface area contributed by atoms with Crippen LogP contribution >= 0.6 is 0 Å². The van der Waals surface area contributed by atoms with Gasteiger partial charge in [0.1, 0.15) is 0 Å². The largest absolute Gasteiger partial charge is 3.00 e. The summed E-state index contributed by atoms with van der Waals surface area (Å²) in [6.07, 6.45) is 19.9. The van der Waals surface area contributed by atoms with Crippen molar-refractivity contribution in [3.8, 4) is 0 Å². The van der Waals surface area contributed by atoms with Crippen LogP contribution in [0.4, 0.5) is 0 Å². The molecule has 21 heavy (non-hydrogen) atoms. The number of rotatable bonds is 16. The van der Waals surface area contributed by atoms with Crippen molar-refractivity contribution in [3.63, 3.8) is 0 Å². The molecule has 0 saturated carbocycles. The third-order valence-corrected chi connectivity index (χ3v) is 3.98. The molecule has 0 aromatic carbocycles. The monoisotopic (exact) mass is 422 g/mol. The van der Waals surface area contributed by atoms with Gasteiger partial charge in [0.2, 0.25) is 0 Å². The number of hydrogen-bond donors (Lipinski definition) is 0. The molecule has 0 rings (SSSR count). The van der Waals surface area contributed by atoms with Gasteiger partial charge in [-0.3, -0.25) is 0 Å². The quantitative estimate of drug-likeness (QED) is 0.329. The van der Waals surface area contributed by atoms with Gasteiger partial charge < -0.3 is 9.90 Å². The second-order valence-corrected chi connectivity index (χ2v) is 6.07. The Labute approximate surface area is 160 Å². The van der Waals surface area contributed by atoms with Crippen molar-refractivity contribution in [3.05, 3.63) is 0 Å². The molecule has 0 unspecified atom stereocenters. The molecule has 0 spiro atoms. The number of carbonyl (C=O) groups excluding carboxylic acids is 1. The summed E-state index contributed by atoms with van der Waals surface area (Å²) in [6.45, 7) is 2.27. The van der Waals surface area contributed by atoms with E-state index in [1.807, 2.05) is 0 Å². The fourth-order valence-electron chi connectivity index (χ4n) is 2.64. The topological polar surface area (TPSA) is 40.1 Å². The molecule has 3 heteroatoms. The van der Waals surface area contributed by atoms with Crippen LogP contribution in [-0.4, -0.2) is 5.97 Å². The molecule has 0 aliphatic heterocycles. The fraction of sp³-hybridized carbons (Fsp3) is 0.944. The summed E-state index contributed by atoms with van der Waals surface area (Å²) in [5.41, 5.74) is 0. The predicted octanol–water partition coefficient (Wildman–Crippen LogP) is 5.00. The standard InChI is InChI=1S/C18H36O2.La/c1-2-3-4-5-6-7-8-9-10-11-12-13-14-15-16-17-18(19)20;/h2-17H2,1H3,(H,19,20);/q;+3/p-1. The number of hydrogen-bond acceptors (Lipinski definition) is 2. The van der Waals surface area contributed by atoms with E-state index >= 15 is 0 Å². The molecule has 0 N–H and O–H groups in total. The second-order valence-electron chi connectivity index (χ2n) is 6.07. The second kappa shape index (κ2) is 20.7. The first-order valence-electron chi connectivity index (χ1n) is 8.97. The number of aliphatic carboxylic acids is 1. The zero-order valence-corrected chi connectivity index (χ0v) is 17.8. The number of carbonyl (C=O) groups is 1. The molecule has 120 valence electrons. The van der Waals surface area contributed by atoms with Crippen molar-refractivity contribution >= 4 is 5.97 Å². The van der Waals surface area contributed by atoms with Crippen LogP contribution in [-0.2, 0) is 4.79 Å². The average Bonchev–Trinajstić information content (AvgIpc) is 2.43. The van der Waals surface area contributed by atoms with Gasteiger partial charge in [0.25, 0.3) is 0 Å². The van der Waals surface area contributed by atoms with Gasteiger partial charge in [0.15, 0.2) is 0 Å². The fourth-order valence-corrected chi connectivity index (χ4v) is 2.64. The van der Waals surface area contributed by atoms with E-state index in [-0.39, 0.29) is 42.0 Å². The third-order valence-electron chi connectivity index (χ3n) is 3.98. The number of unbranched alkanes of at least 4 members (excludes halogenated alkanes) is 14. The molecular formula is C18H35LaO2+2. The van der Waals surface area contributed by atoms with Gasteiger partial charge in [0.05, 0.1) is 0 Å². The maximum absolute atomic E-state index is 10.2. The maximum atomic E-state index is 10.2. The summed E-state index contributed by atoms with van der Waals surface area (Å²) in [4.78, 5) is 10.2. The summed E-state index contributed by atoms with van der Waals surface area (Å²) in [6, 6.07) is 0. The van der Waals surface area contributed by atoms with Gasteiger partial charge in [-0.25, -0.2) is 0 Å². The molecule has 0 fully saturated rings. The van der Waals surface area contributed by atoms with Gasteiger partial charge in [0, 0.05) is 5.97 Å². The van der Waals surface area contributed by atoms with Crippen LogP contribution in [0, 0.1) is 35.6 Å². The number of carboxylic acid groups (broad SMARTS) is 1. The first kappa shape index (κ1) is 23.9. The Bertz CT molecular complexity index is 207. The van der Waals surface area contributed by atoms with Crippen molar-refractivity contribution in [1.82, 2.24) is 0 Å². The molecule has 0 amide bonds. The van der Waals surface area contributed by atoms with Crippen LogP contribution < -0.4 is 5.11 Å². The van der Waals surface area contributed by atoms with Gasteiger partial charge >= 0.3 is 35.6 Å². The van der Waals surface area contributed by atoms with E-state index in [1.165, 1.54) is 83.5 Å². The van der Waals surface area contributed by atoms with Crippen molar-refractivity contribution in [1.29, 1.82) is 0 Å². The SMILES string of the molecule is CCCCCCCCCCCCCCCCCC(=O)[O-].[La+3]. The summed E-state index contributed by atoms with van der Waals surface area (Å²) in [5, 5.41) is 10.2. The Kier molecular flexibility index (Phi) is 23.5. The minimum atomic E-state index is -0.903. The molecule has 0 aliphatic rings. The average molecular weight is 422 g/mol. The van der Waals surface area contributed by atoms with Crippen LogP contribution in [0.15, 0.2) is 0 Å². The molecule has 0 aliphatic carbocycles. The van der Waals surface area contributed by atoms with E-state index < -0.39 is 5.97 Å². The van der Waals surface area contributed by atoms with Crippen LogP contribution in [0.1, 0.15) is 110 Å². The Morgan fingerprint density at radius 2 is 0.905 bits per heavy atom. The maximum Gasteiger partial charge on any atom is 3.00 e. The van der Waals surface area contributed by atoms with Crippen LogP contribution in [0.2, 0.25) is 0 Å². The van der Waals surface area contributed by atoms with Crippen molar-refractivity contribution < 1.29 is 45.5 Å². The zero-order chi connectivity index (χ0) is 14.9. The summed E-state index contributed by atoms with van der Waals surface area (Å²) < 4.78 is 0. The third kappa shape index (κ3) is 23.1. The van der Waals surface area contributed by atoms with Gasteiger partial charge in [-0.05, 0) is 12.8 Å². The first-order chi connectivity index (χ1) is 9.77. The Balaban J connectivity index is 0. The van der Waals surface area contributed by atoms with Crippen LogP contribution in [0.25, 0.3) is 0 Å². The molecule has 0 aromatic heterocycles. The van der Waals surface area contributed by atoms with Crippen molar-refractivity contribution in [2.24, 2.45) is 0 Å². The molecule has 0 aromatic rings. The van der Waals surface area contributed by atoms with Gasteiger partial charge in [-0.2, -0.15) is 0 Å². The summed E-state index contributed by atoms with van der Waals surface area (Å²) in [5.74, 6) is -0.903. The Morgan fingerprint density at radius 1 is 0.619 bits per heavy atom. The summed E-state index contributed by atoms with van der Waals surface area (Å²) in [7, 11) is 0. The minimum absolute atomic E-state index is 0. The van der Waals surface area contributed by atoms with E-state index in [2.05, 4.69) is 6.92 Å². The summed E-state index contributed by atoms with van der Waals surface area (Å²) >= 11 is 0. The van der Waals surface area contributed by atoms with Crippen LogP contribution in [0.3, 0.4) is 0 Å². The van der Waals surface area contributed by atoms with Crippen molar-refractivity contribution in [2.45, 2.75) is 110 Å². The van der Waals surface area contributed by atoms with Crippen molar-refractivity contribution in [2.75, 3.05) is 0 Å². The smallest absolute Gasteiger partial charge is 0.550 e. The Morgan fingerprint density at radius 3 is 1.19 bits per heavy atom. The molecule has 0 radical (unpaired) electrons. The molecule has 2 nitrogen and oxygen atoms in total. The molecule has 0 heterocycles. The van der Waals surface area contributed by atoms with E-state index in [0.29, 0.717) is 0 Å².